The Bertz CT molecular complexity index is 773. The van der Waals surface area contributed by atoms with E-state index in [2.05, 4.69) is 26.2 Å². The predicted molar refractivity (Wildman–Crippen MR) is 98.1 cm³/mol. The van der Waals surface area contributed by atoms with Crippen LogP contribution in [0.25, 0.3) is 10.2 Å². The number of nitrogens with one attached hydrogen (secondary N) is 1. The number of alkyl halides is 3. The molecule has 1 aliphatic rings. The second kappa shape index (κ2) is 7.84. The van der Waals surface area contributed by atoms with E-state index in [0.717, 1.165) is 37.8 Å². The van der Waals surface area contributed by atoms with Crippen molar-refractivity contribution >= 4 is 55.2 Å². The number of thioether (sulfide) groups is 1. The summed E-state index contributed by atoms with van der Waals surface area (Å²) in [6, 6.07) is 2.39. The van der Waals surface area contributed by atoms with Gasteiger partial charge in [-0.15, -0.1) is 11.3 Å². The number of carbonyl (C=O) groups excluding carboxylic acids is 1. The largest absolute Gasteiger partial charge is 0.416 e. The Balaban J connectivity index is 1.65. The minimum Gasteiger partial charge on any atom is -0.353 e. The molecule has 0 bridgehead atoms. The molecule has 1 amide bonds. The summed E-state index contributed by atoms with van der Waals surface area (Å²) in [5.74, 6) is 0.172. The number of carbonyl (C=O) groups is 1. The molecule has 3 nitrogen and oxygen atoms in total. The molecule has 0 unspecified atom stereocenters. The molecular formula is C16H16BrF3N2OS2. The number of amides is 1. The fourth-order valence-electron chi connectivity index (χ4n) is 2.84. The summed E-state index contributed by atoms with van der Waals surface area (Å²) in [6.45, 7) is 0. The Morgan fingerprint density at radius 1 is 1.32 bits per heavy atom. The molecule has 1 N–H and O–H groups in total. The van der Waals surface area contributed by atoms with Gasteiger partial charge in [0, 0.05) is 10.5 Å². The summed E-state index contributed by atoms with van der Waals surface area (Å²) in [7, 11) is 0. The van der Waals surface area contributed by atoms with Crippen LogP contribution in [-0.2, 0) is 11.0 Å². The molecule has 3 rings (SSSR count). The maximum absolute atomic E-state index is 12.9. The lowest BCUT2D eigenvalue weighted by molar-refractivity contribution is -0.137. The lowest BCUT2D eigenvalue weighted by atomic mass is 9.95. The van der Waals surface area contributed by atoms with Gasteiger partial charge in [0.2, 0.25) is 5.91 Å². The Morgan fingerprint density at radius 2 is 2.04 bits per heavy atom. The normalized spacial score (nSPS) is 16.3. The molecule has 25 heavy (non-hydrogen) atoms. The Morgan fingerprint density at radius 3 is 2.72 bits per heavy atom. The van der Waals surface area contributed by atoms with E-state index < -0.39 is 11.7 Å². The van der Waals surface area contributed by atoms with E-state index in [1.54, 1.807) is 0 Å². The summed E-state index contributed by atoms with van der Waals surface area (Å²) in [5, 5.41) is 3.02. The molecule has 1 aromatic heterocycles. The van der Waals surface area contributed by atoms with Crippen molar-refractivity contribution < 1.29 is 18.0 Å². The molecule has 0 spiro atoms. The minimum absolute atomic E-state index is 0.0498. The van der Waals surface area contributed by atoms with Gasteiger partial charge in [0.1, 0.15) is 0 Å². The quantitative estimate of drug-likeness (QED) is 0.612. The van der Waals surface area contributed by atoms with Crippen molar-refractivity contribution in [3.8, 4) is 0 Å². The molecule has 1 aromatic carbocycles. The van der Waals surface area contributed by atoms with E-state index in [4.69, 9.17) is 0 Å². The first kappa shape index (κ1) is 19.0. The third-order valence-electron chi connectivity index (χ3n) is 4.05. The maximum Gasteiger partial charge on any atom is 0.416 e. The van der Waals surface area contributed by atoms with Gasteiger partial charge in [-0.25, -0.2) is 4.98 Å². The zero-order chi connectivity index (χ0) is 18.0. The van der Waals surface area contributed by atoms with Gasteiger partial charge in [-0.2, -0.15) is 13.2 Å². The van der Waals surface area contributed by atoms with E-state index in [1.165, 1.54) is 29.5 Å². The number of thiazole rings is 1. The molecule has 0 atom stereocenters. The van der Waals surface area contributed by atoms with Gasteiger partial charge in [-0.05, 0) is 40.9 Å². The van der Waals surface area contributed by atoms with Crippen LogP contribution in [0.1, 0.15) is 37.7 Å². The summed E-state index contributed by atoms with van der Waals surface area (Å²) in [5.41, 5.74) is -0.213. The van der Waals surface area contributed by atoms with Crippen LogP contribution in [0.3, 0.4) is 0 Å². The van der Waals surface area contributed by atoms with Crippen molar-refractivity contribution in [2.24, 2.45) is 0 Å². The molecule has 1 saturated carbocycles. The van der Waals surface area contributed by atoms with Crippen LogP contribution < -0.4 is 5.32 Å². The van der Waals surface area contributed by atoms with E-state index in [1.807, 2.05) is 0 Å². The first-order chi connectivity index (χ1) is 11.8. The third-order valence-corrected chi connectivity index (χ3v) is 6.80. The van der Waals surface area contributed by atoms with Crippen molar-refractivity contribution in [3.05, 3.63) is 22.2 Å². The molecule has 1 fully saturated rings. The van der Waals surface area contributed by atoms with Crippen LogP contribution >= 0.6 is 39.0 Å². The van der Waals surface area contributed by atoms with Crippen LogP contribution in [0, 0.1) is 0 Å². The van der Waals surface area contributed by atoms with Gasteiger partial charge in [0.15, 0.2) is 4.34 Å². The second-order valence-corrected chi connectivity index (χ2v) is 9.08. The smallest absolute Gasteiger partial charge is 0.353 e. The average molecular weight is 453 g/mol. The van der Waals surface area contributed by atoms with Crippen molar-refractivity contribution in [2.45, 2.75) is 48.7 Å². The lowest BCUT2D eigenvalue weighted by Gasteiger charge is -2.22. The fraction of sp³-hybridized carbons (Fsp3) is 0.500. The summed E-state index contributed by atoms with van der Waals surface area (Å²) in [6.07, 6.45) is 1.15. The highest BCUT2D eigenvalue weighted by Gasteiger charge is 2.31. The molecule has 1 heterocycles. The van der Waals surface area contributed by atoms with E-state index in [9.17, 15) is 18.0 Å². The molecule has 136 valence electrons. The zero-order valence-electron chi connectivity index (χ0n) is 13.2. The number of benzene rings is 1. The van der Waals surface area contributed by atoms with Crippen LogP contribution in [0.2, 0.25) is 0 Å². The van der Waals surface area contributed by atoms with E-state index in [-0.39, 0.29) is 17.7 Å². The average Bonchev–Trinajstić information content (AvgIpc) is 2.97. The molecular weight excluding hydrogens is 437 g/mol. The highest BCUT2D eigenvalue weighted by Crippen LogP contribution is 2.39. The number of hydrogen-bond donors (Lipinski definition) is 1. The van der Waals surface area contributed by atoms with Crippen LogP contribution in [0.4, 0.5) is 13.2 Å². The maximum atomic E-state index is 12.9. The number of hydrogen-bond acceptors (Lipinski definition) is 4. The molecule has 9 heteroatoms. The highest BCUT2D eigenvalue weighted by molar-refractivity contribution is 9.10. The number of halogens is 4. The minimum atomic E-state index is -4.39. The highest BCUT2D eigenvalue weighted by atomic mass is 79.9. The Hall–Kier alpha value is -0.800. The number of fused-ring (bicyclic) bond motifs is 1. The monoisotopic (exact) mass is 452 g/mol. The van der Waals surface area contributed by atoms with Gasteiger partial charge in [0.05, 0.1) is 21.5 Å². The van der Waals surface area contributed by atoms with Crippen LogP contribution in [0.15, 0.2) is 20.9 Å². The molecule has 0 aliphatic heterocycles. The third kappa shape index (κ3) is 4.89. The van der Waals surface area contributed by atoms with Gasteiger partial charge < -0.3 is 5.32 Å². The second-order valence-electron chi connectivity index (χ2n) is 5.97. The lowest BCUT2D eigenvalue weighted by Crippen LogP contribution is -2.37. The van der Waals surface area contributed by atoms with Gasteiger partial charge in [-0.1, -0.05) is 31.0 Å². The zero-order valence-corrected chi connectivity index (χ0v) is 16.4. The van der Waals surface area contributed by atoms with Gasteiger partial charge >= 0.3 is 6.18 Å². The molecule has 1 aliphatic carbocycles. The standard InChI is InChI=1S/C16H16BrF3N2OS2/c17-11-6-9(16(18,19)20)7-12-14(11)22-15(25-12)24-8-13(23)21-10-4-2-1-3-5-10/h6-7,10H,1-5,8H2,(H,21,23). The molecule has 0 saturated heterocycles. The summed E-state index contributed by atoms with van der Waals surface area (Å²) in [4.78, 5) is 16.4. The molecule has 0 radical (unpaired) electrons. The number of rotatable bonds is 4. The Kier molecular flexibility index (Phi) is 5.95. The van der Waals surface area contributed by atoms with Crippen molar-refractivity contribution in [2.75, 3.05) is 5.75 Å². The van der Waals surface area contributed by atoms with Crippen molar-refractivity contribution in [1.82, 2.24) is 10.3 Å². The van der Waals surface area contributed by atoms with E-state index >= 15 is 0 Å². The summed E-state index contributed by atoms with van der Waals surface area (Å²) >= 11 is 5.58. The van der Waals surface area contributed by atoms with E-state index in [0.29, 0.717) is 19.0 Å². The predicted octanol–water partition coefficient (Wildman–Crippen LogP) is 5.62. The van der Waals surface area contributed by atoms with Crippen molar-refractivity contribution in [3.63, 3.8) is 0 Å². The first-order valence-electron chi connectivity index (χ1n) is 7.92. The van der Waals surface area contributed by atoms with Gasteiger partial charge in [-0.3, -0.25) is 4.79 Å². The van der Waals surface area contributed by atoms with Crippen LogP contribution in [0.5, 0.6) is 0 Å². The van der Waals surface area contributed by atoms with Gasteiger partial charge in [0.25, 0.3) is 0 Å². The molecule has 2 aromatic rings. The number of nitrogens with zero attached hydrogens (tertiary/aromatic N) is 1. The number of aromatic nitrogens is 1. The van der Waals surface area contributed by atoms with Crippen LogP contribution in [-0.4, -0.2) is 22.7 Å². The summed E-state index contributed by atoms with van der Waals surface area (Å²) < 4.78 is 40.0. The van der Waals surface area contributed by atoms with Crippen molar-refractivity contribution in [1.29, 1.82) is 0 Å². The Labute approximate surface area is 159 Å². The fourth-order valence-corrected chi connectivity index (χ4v) is 5.46. The first-order valence-corrected chi connectivity index (χ1v) is 10.5. The SMILES string of the molecule is O=C(CSc1nc2c(Br)cc(C(F)(F)F)cc2s1)NC1CCCCC1. The topological polar surface area (TPSA) is 42.0 Å².